The Morgan fingerprint density at radius 1 is 1.08 bits per heavy atom. The number of nitrogens with two attached hydrogens (primary N) is 2. The second kappa shape index (κ2) is 3.29. The average molecular weight is 178 g/mol. The highest BCUT2D eigenvalue weighted by Crippen LogP contribution is 2.27. The van der Waals surface area contributed by atoms with Crippen molar-refractivity contribution in [3.05, 3.63) is 34.2 Å². The van der Waals surface area contributed by atoms with Crippen LogP contribution in [0.15, 0.2) is 34.2 Å². The minimum absolute atomic E-state index is 0.385. The Hall–Kier alpha value is -1.18. The van der Waals surface area contributed by atoms with Gasteiger partial charge >= 0.3 is 0 Å². The molecule has 1 aliphatic carbocycles. The fraction of sp³-hybridized carbons (Fsp3) is 0.455. The molecule has 0 radical (unpaired) electrons. The van der Waals surface area contributed by atoms with Crippen molar-refractivity contribution in [2.24, 2.45) is 17.4 Å². The van der Waals surface area contributed by atoms with Gasteiger partial charge in [0.1, 0.15) is 0 Å². The first-order valence-electron chi connectivity index (χ1n) is 4.57. The molecule has 0 amide bonds. The van der Waals surface area contributed by atoms with Crippen LogP contribution in [0.3, 0.4) is 0 Å². The highest BCUT2D eigenvalue weighted by molar-refractivity contribution is 5.46. The third-order valence-corrected chi connectivity index (χ3v) is 2.98. The smallest absolute Gasteiger partial charge is 0.0577 e. The topological polar surface area (TPSA) is 52.0 Å². The van der Waals surface area contributed by atoms with Crippen LogP contribution < -0.4 is 11.5 Å². The molecule has 0 spiro atoms. The Morgan fingerprint density at radius 3 is 2.15 bits per heavy atom. The molecular weight excluding hydrogens is 160 g/mol. The lowest BCUT2D eigenvalue weighted by atomic mass is 9.96. The van der Waals surface area contributed by atoms with Crippen molar-refractivity contribution in [3.8, 4) is 0 Å². The molecule has 0 aromatic carbocycles. The van der Waals surface area contributed by atoms with Crippen LogP contribution in [0.5, 0.6) is 0 Å². The standard InChI is InChI=1S/C11H18N2/c1-6-5-10(12)11(13)9(4)8(3)7(6)2/h5-6H,12-13H2,1-4H3. The van der Waals surface area contributed by atoms with Crippen LogP contribution in [0.4, 0.5) is 0 Å². The van der Waals surface area contributed by atoms with Crippen LogP contribution in [-0.4, -0.2) is 0 Å². The highest BCUT2D eigenvalue weighted by Gasteiger charge is 2.14. The number of allylic oxidation sites excluding steroid dienone is 4. The summed E-state index contributed by atoms with van der Waals surface area (Å²) in [5, 5.41) is 0. The van der Waals surface area contributed by atoms with E-state index in [0.29, 0.717) is 11.6 Å². The van der Waals surface area contributed by atoms with E-state index in [2.05, 4.69) is 20.8 Å². The van der Waals surface area contributed by atoms with Gasteiger partial charge < -0.3 is 11.5 Å². The van der Waals surface area contributed by atoms with E-state index in [1.807, 2.05) is 13.0 Å². The first kappa shape index (κ1) is 9.90. The van der Waals surface area contributed by atoms with Gasteiger partial charge in [0.25, 0.3) is 0 Å². The minimum Gasteiger partial charge on any atom is -0.397 e. The first-order chi connectivity index (χ1) is 5.95. The Kier molecular flexibility index (Phi) is 2.50. The van der Waals surface area contributed by atoms with E-state index in [4.69, 9.17) is 11.5 Å². The third kappa shape index (κ3) is 1.62. The van der Waals surface area contributed by atoms with Crippen LogP contribution in [0.1, 0.15) is 27.7 Å². The molecular formula is C11H18N2. The largest absolute Gasteiger partial charge is 0.397 e. The van der Waals surface area contributed by atoms with Crippen molar-refractivity contribution < 1.29 is 0 Å². The molecule has 4 N–H and O–H groups in total. The zero-order chi connectivity index (χ0) is 10.2. The van der Waals surface area contributed by atoms with Crippen molar-refractivity contribution in [3.63, 3.8) is 0 Å². The quantitative estimate of drug-likeness (QED) is 0.596. The van der Waals surface area contributed by atoms with Gasteiger partial charge in [-0.2, -0.15) is 0 Å². The van der Waals surface area contributed by atoms with Gasteiger partial charge in [-0.15, -0.1) is 0 Å². The molecule has 0 fully saturated rings. The molecule has 2 heteroatoms. The van der Waals surface area contributed by atoms with Crippen LogP contribution in [0.25, 0.3) is 0 Å². The van der Waals surface area contributed by atoms with Gasteiger partial charge in [0, 0.05) is 0 Å². The minimum atomic E-state index is 0.385. The lowest BCUT2D eigenvalue weighted by molar-refractivity contribution is 0.844. The summed E-state index contributed by atoms with van der Waals surface area (Å²) >= 11 is 0. The van der Waals surface area contributed by atoms with Crippen molar-refractivity contribution in [1.29, 1.82) is 0 Å². The van der Waals surface area contributed by atoms with Gasteiger partial charge in [0.05, 0.1) is 11.4 Å². The summed E-state index contributed by atoms with van der Waals surface area (Å²) in [4.78, 5) is 0. The van der Waals surface area contributed by atoms with Crippen molar-refractivity contribution >= 4 is 0 Å². The van der Waals surface area contributed by atoms with Gasteiger partial charge in [-0.1, -0.05) is 18.6 Å². The molecule has 1 aliphatic rings. The van der Waals surface area contributed by atoms with Crippen LogP contribution in [-0.2, 0) is 0 Å². The summed E-state index contributed by atoms with van der Waals surface area (Å²) in [5.41, 5.74) is 16.9. The fourth-order valence-corrected chi connectivity index (χ4v) is 1.54. The maximum atomic E-state index is 5.89. The summed E-state index contributed by atoms with van der Waals surface area (Å²) < 4.78 is 0. The summed E-state index contributed by atoms with van der Waals surface area (Å²) in [6.07, 6.45) is 2.02. The molecule has 0 aromatic rings. The van der Waals surface area contributed by atoms with E-state index >= 15 is 0 Å². The molecule has 0 saturated heterocycles. The predicted molar refractivity (Wildman–Crippen MR) is 56.7 cm³/mol. The highest BCUT2D eigenvalue weighted by atomic mass is 14.7. The summed E-state index contributed by atoms with van der Waals surface area (Å²) in [5.74, 6) is 0.385. The molecule has 0 saturated carbocycles. The second-order valence-electron chi connectivity index (χ2n) is 3.76. The Labute approximate surface area is 80.0 Å². The van der Waals surface area contributed by atoms with E-state index in [-0.39, 0.29) is 0 Å². The molecule has 13 heavy (non-hydrogen) atoms. The molecule has 1 rings (SSSR count). The lowest BCUT2D eigenvalue weighted by Crippen LogP contribution is -2.11. The van der Waals surface area contributed by atoms with Crippen LogP contribution in [0.2, 0.25) is 0 Å². The molecule has 2 nitrogen and oxygen atoms in total. The zero-order valence-electron chi connectivity index (χ0n) is 8.81. The molecule has 0 heterocycles. The van der Waals surface area contributed by atoms with E-state index < -0.39 is 0 Å². The van der Waals surface area contributed by atoms with E-state index in [0.717, 1.165) is 11.3 Å². The van der Waals surface area contributed by atoms with Crippen molar-refractivity contribution in [1.82, 2.24) is 0 Å². The van der Waals surface area contributed by atoms with E-state index in [1.54, 1.807) is 0 Å². The summed E-state index contributed by atoms with van der Waals surface area (Å²) in [6, 6.07) is 0. The molecule has 1 atom stereocenters. The SMILES string of the molecule is CC1=C(N)C(N)=CC(C)C(C)=C1C. The normalized spacial score (nSPS) is 24.6. The number of hydrogen-bond acceptors (Lipinski definition) is 2. The zero-order valence-corrected chi connectivity index (χ0v) is 8.81. The number of hydrogen-bond donors (Lipinski definition) is 2. The van der Waals surface area contributed by atoms with Gasteiger partial charge in [0.2, 0.25) is 0 Å². The van der Waals surface area contributed by atoms with Gasteiger partial charge in [-0.05, 0) is 37.8 Å². The Morgan fingerprint density at radius 2 is 1.62 bits per heavy atom. The van der Waals surface area contributed by atoms with Crippen LogP contribution in [0, 0.1) is 5.92 Å². The molecule has 0 aliphatic heterocycles. The van der Waals surface area contributed by atoms with E-state index in [1.165, 1.54) is 11.1 Å². The fourth-order valence-electron chi connectivity index (χ4n) is 1.54. The third-order valence-electron chi connectivity index (χ3n) is 2.98. The maximum Gasteiger partial charge on any atom is 0.0577 e. The maximum absolute atomic E-state index is 5.89. The predicted octanol–water partition coefficient (Wildman–Crippen LogP) is 2.05. The monoisotopic (exact) mass is 178 g/mol. The van der Waals surface area contributed by atoms with Gasteiger partial charge in [0.15, 0.2) is 0 Å². The van der Waals surface area contributed by atoms with Crippen molar-refractivity contribution in [2.45, 2.75) is 27.7 Å². The van der Waals surface area contributed by atoms with E-state index in [9.17, 15) is 0 Å². The molecule has 0 bridgehead atoms. The Bertz CT molecular complexity index is 319. The summed E-state index contributed by atoms with van der Waals surface area (Å²) in [6.45, 7) is 8.39. The van der Waals surface area contributed by atoms with Gasteiger partial charge in [-0.25, -0.2) is 0 Å². The van der Waals surface area contributed by atoms with Crippen LogP contribution >= 0.6 is 0 Å². The molecule has 0 aromatic heterocycles. The first-order valence-corrected chi connectivity index (χ1v) is 4.57. The molecule has 72 valence electrons. The molecule has 1 unspecified atom stereocenters. The summed E-state index contributed by atoms with van der Waals surface area (Å²) in [7, 11) is 0. The number of rotatable bonds is 0. The average Bonchev–Trinajstić information content (AvgIpc) is 2.15. The second-order valence-corrected chi connectivity index (χ2v) is 3.76. The van der Waals surface area contributed by atoms with Crippen molar-refractivity contribution in [2.75, 3.05) is 0 Å². The lowest BCUT2D eigenvalue weighted by Gasteiger charge is -2.09. The Balaban J connectivity index is 3.32. The van der Waals surface area contributed by atoms with Gasteiger partial charge in [-0.3, -0.25) is 0 Å².